The third kappa shape index (κ3) is 4.47. The number of hydrogen-bond acceptors (Lipinski definition) is 4. The highest BCUT2D eigenvalue weighted by molar-refractivity contribution is 7.89. The predicted molar refractivity (Wildman–Crippen MR) is 86.2 cm³/mol. The van der Waals surface area contributed by atoms with Crippen LogP contribution in [0.15, 0.2) is 17.0 Å². The molecule has 21 heavy (non-hydrogen) atoms. The fourth-order valence-corrected chi connectivity index (χ4v) is 3.67. The second-order valence-corrected chi connectivity index (χ2v) is 7.05. The van der Waals surface area contributed by atoms with Crippen molar-refractivity contribution in [1.82, 2.24) is 10.0 Å². The summed E-state index contributed by atoms with van der Waals surface area (Å²) in [4.78, 5) is 0.198. The van der Waals surface area contributed by atoms with E-state index in [9.17, 15) is 8.42 Å². The van der Waals surface area contributed by atoms with Gasteiger partial charge in [-0.25, -0.2) is 13.1 Å². The molecule has 0 radical (unpaired) electrons. The van der Waals surface area contributed by atoms with Crippen molar-refractivity contribution < 1.29 is 13.2 Å². The molecule has 5 nitrogen and oxygen atoms in total. The van der Waals surface area contributed by atoms with Crippen LogP contribution in [0.4, 0.5) is 0 Å². The molecule has 8 heteroatoms. The third-order valence-corrected chi connectivity index (χ3v) is 4.85. The van der Waals surface area contributed by atoms with E-state index in [0.29, 0.717) is 23.7 Å². The van der Waals surface area contributed by atoms with Gasteiger partial charge in [-0.15, -0.1) is 12.4 Å². The number of halogens is 2. The molecule has 0 aliphatic carbocycles. The highest BCUT2D eigenvalue weighted by Crippen LogP contribution is 2.37. The summed E-state index contributed by atoms with van der Waals surface area (Å²) in [5.41, 5.74) is 0.848. The van der Waals surface area contributed by atoms with Crippen LogP contribution in [0.25, 0.3) is 0 Å². The zero-order chi connectivity index (χ0) is 14.8. The molecule has 0 saturated heterocycles. The molecule has 1 aliphatic heterocycles. The summed E-state index contributed by atoms with van der Waals surface area (Å²) in [6, 6.07) is 3.09. The molecule has 1 unspecified atom stereocenters. The van der Waals surface area contributed by atoms with Gasteiger partial charge in [0.25, 0.3) is 0 Å². The Morgan fingerprint density at radius 3 is 2.76 bits per heavy atom. The van der Waals surface area contributed by atoms with Gasteiger partial charge in [-0.1, -0.05) is 11.6 Å². The first-order valence-electron chi connectivity index (χ1n) is 6.57. The average Bonchev–Trinajstić information content (AvgIpc) is 2.76. The first-order chi connectivity index (χ1) is 9.44. The standard InChI is InChI=1S/C13H19ClN2O3S.ClH/c1-9-6-10-7-11(8-12(14)13(10)19-9)20(17,18)16-5-3-4-15-2;/h7-9,15-16H,3-6H2,1-2H3;1H. The molecule has 0 aromatic heterocycles. The summed E-state index contributed by atoms with van der Waals surface area (Å²) in [5, 5.41) is 3.32. The molecule has 120 valence electrons. The van der Waals surface area contributed by atoms with Crippen molar-refractivity contribution in [2.24, 2.45) is 0 Å². The fourth-order valence-electron chi connectivity index (χ4n) is 2.17. The zero-order valence-electron chi connectivity index (χ0n) is 12.0. The van der Waals surface area contributed by atoms with E-state index in [0.717, 1.165) is 18.5 Å². The van der Waals surface area contributed by atoms with Gasteiger partial charge < -0.3 is 10.1 Å². The molecule has 0 spiro atoms. The summed E-state index contributed by atoms with van der Waals surface area (Å²) in [6.07, 6.45) is 1.44. The van der Waals surface area contributed by atoms with Crippen molar-refractivity contribution in [3.8, 4) is 5.75 Å². The lowest BCUT2D eigenvalue weighted by molar-refractivity contribution is 0.255. The molecular formula is C13H20Cl2N2O3S. The van der Waals surface area contributed by atoms with E-state index < -0.39 is 10.0 Å². The van der Waals surface area contributed by atoms with Crippen LogP contribution in [-0.2, 0) is 16.4 Å². The lowest BCUT2D eigenvalue weighted by Crippen LogP contribution is -2.26. The van der Waals surface area contributed by atoms with Gasteiger partial charge in [0.05, 0.1) is 9.92 Å². The molecule has 0 saturated carbocycles. The quantitative estimate of drug-likeness (QED) is 0.766. The van der Waals surface area contributed by atoms with Gasteiger partial charge in [0, 0.05) is 18.5 Å². The van der Waals surface area contributed by atoms with Gasteiger partial charge in [-0.3, -0.25) is 0 Å². The molecule has 1 heterocycles. The average molecular weight is 355 g/mol. The van der Waals surface area contributed by atoms with Crippen LogP contribution in [-0.4, -0.2) is 34.7 Å². The van der Waals surface area contributed by atoms with E-state index in [1.807, 2.05) is 14.0 Å². The van der Waals surface area contributed by atoms with E-state index in [1.165, 1.54) is 6.07 Å². The fraction of sp³-hybridized carbons (Fsp3) is 0.538. The van der Waals surface area contributed by atoms with Gasteiger partial charge in [-0.2, -0.15) is 0 Å². The van der Waals surface area contributed by atoms with Crippen LogP contribution in [0.1, 0.15) is 18.9 Å². The Morgan fingerprint density at radius 2 is 2.10 bits per heavy atom. The number of benzene rings is 1. The van der Waals surface area contributed by atoms with Crippen LogP contribution >= 0.6 is 24.0 Å². The highest BCUT2D eigenvalue weighted by Gasteiger charge is 2.25. The van der Waals surface area contributed by atoms with Crippen LogP contribution in [0.5, 0.6) is 5.75 Å². The van der Waals surface area contributed by atoms with Gasteiger partial charge in [0.15, 0.2) is 0 Å². The molecule has 0 fully saturated rings. The number of ether oxygens (including phenoxy) is 1. The summed E-state index contributed by atoms with van der Waals surface area (Å²) in [7, 11) is -1.69. The number of nitrogens with one attached hydrogen (secondary N) is 2. The minimum Gasteiger partial charge on any atom is -0.489 e. The van der Waals surface area contributed by atoms with Crippen LogP contribution in [0.2, 0.25) is 5.02 Å². The molecular weight excluding hydrogens is 335 g/mol. The Bertz CT molecular complexity index is 593. The number of sulfonamides is 1. The molecule has 1 aliphatic rings. The highest BCUT2D eigenvalue weighted by atomic mass is 35.5. The first-order valence-corrected chi connectivity index (χ1v) is 8.43. The normalized spacial score (nSPS) is 17.0. The maximum absolute atomic E-state index is 12.2. The largest absolute Gasteiger partial charge is 0.489 e. The lowest BCUT2D eigenvalue weighted by atomic mass is 10.1. The molecule has 2 N–H and O–H groups in total. The molecule has 1 aromatic rings. The number of rotatable bonds is 6. The Morgan fingerprint density at radius 1 is 1.38 bits per heavy atom. The summed E-state index contributed by atoms with van der Waals surface area (Å²) in [5.74, 6) is 0.605. The van der Waals surface area contributed by atoms with Crippen LogP contribution in [0, 0.1) is 0 Å². The smallest absolute Gasteiger partial charge is 0.240 e. The summed E-state index contributed by atoms with van der Waals surface area (Å²) in [6.45, 7) is 3.09. The Labute approximate surface area is 136 Å². The number of hydrogen-bond donors (Lipinski definition) is 2. The molecule has 0 amide bonds. The second-order valence-electron chi connectivity index (χ2n) is 4.88. The second kappa shape index (κ2) is 7.65. The summed E-state index contributed by atoms with van der Waals surface area (Å²) < 4.78 is 32.5. The van der Waals surface area contributed by atoms with E-state index in [-0.39, 0.29) is 23.4 Å². The van der Waals surface area contributed by atoms with E-state index >= 15 is 0 Å². The monoisotopic (exact) mass is 354 g/mol. The Balaban J connectivity index is 0.00000220. The molecule has 1 atom stereocenters. The third-order valence-electron chi connectivity index (χ3n) is 3.13. The van der Waals surface area contributed by atoms with Gasteiger partial charge in [0.2, 0.25) is 10.0 Å². The number of fused-ring (bicyclic) bond motifs is 1. The van der Waals surface area contributed by atoms with Crippen molar-refractivity contribution in [2.75, 3.05) is 20.1 Å². The molecule has 1 aromatic carbocycles. The van der Waals surface area contributed by atoms with Gasteiger partial charge >= 0.3 is 0 Å². The SMILES string of the molecule is CNCCCNS(=O)(=O)c1cc(Cl)c2c(c1)CC(C)O2.Cl. The van der Waals surface area contributed by atoms with E-state index in [4.69, 9.17) is 16.3 Å². The van der Waals surface area contributed by atoms with E-state index in [1.54, 1.807) is 6.07 Å². The first kappa shape index (κ1) is 18.5. The Kier molecular flexibility index (Phi) is 6.74. The topological polar surface area (TPSA) is 67.4 Å². The van der Waals surface area contributed by atoms with Gasteiger partial charge in [-0.05, 0) is 39.1 Å². The minimum atomic E-state index is -3.52. The van der Waals surface area contributed by atoms with Crippen molar-refractivity contribution in [3.05, 3.63) is 22.7 Å². The predicted octanol–water partition coefficient (Wildman–Crippen LogP) is 1.97. The maximum Gasteiger partial charge on any atom is 0.240 e. The maximum atomic E-state index is 12.2. The van der Waals surface area contributed by atoms with Crippen LogP contribution < -0.4 is 14.8 Å². The minimum absolute atomic E-state index is 0. The van der Waals surface area contributed by atoms with Crippen molar-refractivity contribution >= 4 is 34.0 Å². The molecule has 0 bridgehead atoms. The Hall–Kier alpha value is -0.530. The molecule has 2 rings (SSSR count). The van der Waals surface area contributed by atoms with Gasteiger partial charge in [0.1, 0.15) is 11.9 Å². The zero-order valence-corrected chi connectivity index (χ0v) is 14.4. The van der Waals surface area contributed by atoms with Crippen molar-refractivity contribution in [1.29, 1.82) is 0 Å². The van der Waals surface area contributed by atoms with E-state index in [2.05, 4.69) is 10.0 Å². The summed E-state index contributed by atoms with van der Waals surface area (Å²) >= 11 is 6.10. The van der Waals surface area contributed by atoms with Crippen LogP contribution in [0.3, 0.4) is 0 Å². The van der Waals surface area contributed by atoms with Crippen molar-refractivity contribution in [3.63, 3.8) is 0 Å². The lowest BCUT2D eigenvalue weighted by Gasteiger charge is -2.09. The van der Waals surface area contributed by atoms with Crippen molar-refractivity contribution in [2.45, 2.75) is 30.8 Å².